The van der Waals surface area contributed by atoms with Crippen LogP contribution >= 0.6 is 11.3 Å². The Kier molecular flexibility index (Phi) is 5.19. The van der Waals surface area contributed by atoms with E-state index in [1.165, 1.54) is 24.3 Å². The van der Waals surface area contributed by atoms with Crippen molar-refractivity contribution in [1.82, 2.24) is 0 Å². The number of amides is 1. The van der Waals surface area contributed by atoms with Crippen molar-refractivity contribution in [2.75, 3.05) is 12.4 Å². The molecule has 2 rings (SSSR count). The number of carbonyl (C=O) groups is 2. The fourth-order valence-electron chi connectivity index (χ4n) is 2.17. The number of benzene rings is 1. The summed E-state index contributed by atoms with van der Waals surface area (Å²) in [6, 6.07) is 6.38. The monoisotopic (exact) mass is 373 g/mol. The number of anilines is 1. The van der Waals surface area contributed by atoms with E-state index in [9.17, 15) is 27.9 Å². The fraction of sp³-hybridized carbons (Fsp3) is 0.250. The molecule has 0 saturated carbocycles. The molecule has 0 aliphatic rings. The Morgan fingerprint density at radius 2 is 1.92 bits per heavy atom. The Balaban J connectivity index is 2.37. The molecule has 134 valence electrons. The minimum Gasteiger partial charge on any atom is -0.466 e. The van der Waals surface area contributed by atoms with Crippen LogP contribution in [0.4, 0.5) is 18.9 Å². The quantitative estimate of drug-likeness (QED) is 0.807. The van der Waals surface area contributed by atoms with Crippen molar-refractivity contribution >= 4 is 28.9 Å². The molecular formula is C16H14F3NO4S. The summed E-state index contributed by atoms with van der Waals surface area (Å²) in [4.78, 5) is 24.0. The Hall–Kier alpha value is -2.39. The second-order valence-electron chi connectivity index (χ2n) is 5.16. The van der Waals surface area contributed by atoms with Gasteiger partial charge in [0.1, 0.15) is 0 Å². The molecule has 2 N–H and O–H groups in total. The van der Waals surface area contributed by atoms with E-state index < -0.39 is 29.2 Å². The van der Waals surface area contributed by atoms with Crippen LogP contribution in [-0.4, -0.2) is 30.3 Å². The number of nitrogens with one attached hydrogen (secondary N) is 1. The molecule has 1 aromatic heterocycles. The largest absolute Gasteiger partial charge is 0.466 e. The highest BCUT2D eigenvalue weighted by Gasteiger charge is 2.62. The van der Waals surface area contributed by atoms with Gasteiger partial charge in [-0.3, -0.25) is 4.79 Å². The Morgan fingerprint density at radius 1 is 1.24 bits per heavy atom. The maximum Gasteiger partial charge on any atom is 0.432 e. The molecule has 9 heteroatoms. The Bertz CT molecular complexity index is 789. The van der Waals surface area contributed by atoms with Gasteiger partial charge in [-0.05, 0) is 30.0 Å². The van der Waals surface area contributed by atoms with E-state index in [4.69, 9.17) is 0 Å². The Labute approximate surface area is 145 Å². The second-order valence-corrected chi connectivity index (χ2v) is 6.11. The number of alkyl halides is 3. The highest BCUT2D eigenvalue weighted by Crippen LogP contribution is 2.40. The molecule has 0 bridgehead atoms. The number of aryl methyl sites for hydroxylation is 1. The first kappa shape index (κ1) is 18.9. The number of rotatable bonds is 4. The summed E-state index contributed by atoms with van der Waals surface area (Å²) < 4.78 is 43.8. The van der Waals surface area contributed by atoms with E-state index in [1.54, 1.807) is 17.5 Å². The SMILES string of the molecule is COC(=O)[C@@](O)(c1ccc(NC(=O)c2cccs2)c(C)c1)C(F)(F)F. The molecule has 25 heavy (non-hydrogen) atoms. The first-order chi connectivity index (χ1) is 11.6. The third-order valence-corrected chi connectivity index (χ3v) is 4.40. The van der Waals surface area contributed by atoms with Gasteiger partial charge in [0, 0.05) is 11.3 Å². The lowest BCUT2D eigenvalue weighted by Crippen LogP contribution is -2.49. The average molecular weight is 373 g/mol. The predicted molar refractivity (Wildman–Crippen MR) is 85.4 cm³/mol. The minimum atomic E-state index is -5.27. The lowest BCUT2D eigenvalue weighted by Gasteiger charge is -2.28. The summed E-state index contributed by atoms with van der Waals surface area (Å²) in [5.74, 6) is -2.25. The predicted octanol–water partition coefficient (Wildman–Crippen LogP) is 3.23. The molecule has 0 unspecified atom stereocenters. The van der Waals surface area contributed by atoms with E-state index in [1.807, 2.05) is 0 Å². The standard InChI is InChI=1S/C16H14F3NO4S/c1-9-8-10(15(23,14(22)24-2)16(17,18)19)5-6-11(9)20-13(21)12-4-3-7-25-12/h3-8,23H,1-2H3,(H,20,21)/t15-/m0/s1. The van der Waals surface area contributed by atoms with E-state index in [0.29, 0.717) is 4.88 Å². The lowest BCUT2D eigenvalue weighted by atomic mass is 9.91. The summed E-state index contributed by atoms with van der Waals surface area (Å²) in [6.07, 6.45) is -5.27. The third-order valence-electron chi connectivity index (χ3n) is 3.53. The molecular weight excluding hydrogens is 359 g/mol. The molecule has 2 aromatic rings. The number of ether oxygens (including phenoxy) is 1. The van der Waals surface area contributed by atoms with Crippen LogP contribution in [0.2, 0.25) is 0 Å². The highest BCUT2D eigenvalue weighted by atomic mass is 32.1. The van der Waals surface area contributed by atoms with Crippen molar-refractivity contribution in [2.45, 2.75) is 18.7 Å². The summed E-state index contributed by atoms with van der Waals surface area (Å²) in [7, 11) is 0.752. The number of methoxy groups -OCH3 is 1. The topological polar surface area (TPSA) is 75.6 Å². The molecule has 5 nitrogen and oxygen atoms in total. The van der Waals surface area contributed by atoms with Gasteiger partial charge in [0.05, 0.1) is 12.0 Å². The van der Waals surface area contributed by atoms with Gasteiger partial charge in [-0.25, -0.2) is 4.79 Å². The van der Waals surface area contributed by atoms with Crippen molar-refractivity contribution < 1.29 is 32.6 Å². The van der Waals surface area contributed by atoms with Crippen LogP contribution < -0.4 is 5.32 Å². The van der Waals surface area contributed by atoms with Crippen LogP contribution in [0.3, 0.4) is 0 Å². The van der Waals surface area contributed by atoms with Crippen molar-refractivity contribution in [3.8, 4) is 0 Å². The number of hydrogen-bond acceptors (Lipinski definition) is 5. The van der Waals surface area contributed by atoms with Crippen LogP contribution in [0, 0.1) is 6.92 Å². The van der Waals surface area contributed by atoms with Gasteiger partial charge < -0.3 is 15.2 Å². The molecule has 0 spiro atoms. The number of halogens is 3. The summed E-state index contributed by atoms with van der Waals surface area (Å²) >= 11 is 1.21. The maximum atomic E-state index is 13.2. The van der Waals surface area contributed by atoms with Gasteiger partial charge in [-0.2, -0.15) is 13.2 Å². The van der Waals surface area contributed by atoms with Gasteiger partial charge in [0.15, 0.2) is 0 Å². The summed E-state index contributed by atoms with van der Waals surface area (Å²) in [6.45, 7) is 1.45. The molecule has 1 atom stereocenters. The van der Waals surface area contributed by atoms with E-state index >= 15 is 0 Å². The van der Waals surface area contributed by atoms with Gasteiger partial charge in [-0.1, -0.05) is 18.2 Å². The molecule has 0 aliphatic heterocycles. The number of aliphatic hydroxyl groups is 1. The van der Waals surface area contributed by atoms with E-state index in [0.717, 1.165) is 19.2 Å². The normalized spacial score (nSPS) is 13.8. The van der Waals surface area contributed by atoms with Crippen LogP contribution in [0.25, 0.3) is 0 Å². The zero-order valence-electron chi connectivity index (χ0n) is 13.2. The van der Waals surface area contributed by atoms with Gasteiger partial charge >= 0.3 is 12.1 Å². The van der Waals surface area contributed by atoms with Gasteiger partial charge in [0.25, 0.3) is 11.5 Å². The molecule has 0 saturated heterocycles. The molecule has 0 radical (unpaired) electrons. The van der Waals surface area contributed by atoms with Crippen LogP contribution in [0.15, 0.2) is 35.7 Å². The Morgan fingerprint density at radius 3 is 2.40 bits per heavy atom. The summed E-state index contributed by atoms with van der Waals surface area (Å²) in [5.41, 5.74) is -3.98. The van der Waals surface area contributed by atoms with Crippen molar-refractivity contribution in [3.63, 3.8) is 0 Å². The van der Waals surface area contributed by atoms with Gasteiger partial charge in [-0.15, -0.1) is 11.3 Å². The number of thiophene rings is 1. The minimum absolute atomic E-state index is 0.244. The van der Waals surface area contributed by atoms with Crippen molar-refractivity contribution in [3.05, 3.63) is 51.7 Å². The number of carbonyl (C=O) groups excluding carboxylic acids is 2. The molecule has 1 amide bonds. The van der Waals surface area contributed by atoms with Crippen LogP contribution in [0.1, 0.15) is 20.8 Å². The third kappa shape index (κ3) is 3.52. The van der Waals surface area contributed by atoms with Crippen LogP contribution in [-0.2, 0) is 15.1 Å². The summed E-state index contributed by atoms with van der Waals surface area (Å²) in [5, 5.41) is 14.2. The van der Waals surface area contributed by atoms with Crippen molar-refractivity contribution in [1.29, 1.82) is 0 Å². The molecule has 1 heterocycles. The molecule has 1 aromatic carbocycles. The second kappa shape index (κ2) is 6.85. The van der Waals surface area contributed by atoms with Crippen LogP contribution in [0.5, 0.6) is 0 Å². The lowest BCUT2D eigenvalue weighted by molar-refractivity contribution is -0.266. The first-order valence-corrected chi connectivity index (χ1v) is 7.82. The maximum absolute atomic E-state index is 13.2. The zero-order valence-corrected chi connectivity index (χ0v) is 14.0. The van der Waals surface area contributed by atoms with E-state index in [-0.39, 0.29) is 11.3 Å². The molecule has 0 fully saturated rings. The number of esters is 1. The zero-order chi connectivity index (χ0) is 18.8. The number of hydrogen-bond donors (Lipinski definition) is 2. The van der Waals surface area contributed by atoms with Gasteiger partial charge in [0.2, 0.25) is 0 Å². The average Bonchev–Trinajstić information content (AvgIpc) is 3.08. The van der Waals surface area contributed by atoms with E-state index in [2.05, 4.69) is 10.1 Å². The fourth-order valence-corrected chi connectivity index (χ4v) is 2.78. The van der Waals surface area contributed by atoms with Crippen molar-refractivity contribution in [2.24, 2.45) is 0 Å². The first-order valence-electron chi connectivity index (χ1n) is 6.94. The smallest absolute Gasteiger partial charge is 0.432 e. The highest BCUT2D eigenvalue weighted by molar-refractivity contribution is 7.12. The molecule has 0 aliphatic carbocycles.